The number of hydrogen-bond donors (Lipinski definition) is 1. The molecule has 1 aliphatic heterocycles. The Kier molecular flexibility index (Phi) is 6.49. The number of unbranched alkanes of at least 4 members (excludes halogenated alkanes) is 3. The number of sulfone groups is 1. The summed E-state index contributed by atoms with van der Waals surface area (Å²) in [4.78, 5) is 0. The van der Waals surface area contributed by atoms with Gasteiger partial charge in [-0.3, -0.25) is 0 Å². The van der Waals surface area contributed by atoms with Gasteiger partial charge in [0, 0.05) is 12.6 Å². The quantitative estimate of drug-likeness (QED) is 0.683. The van der Waals surface area contributed by atoms with Gasteiger partial charge in [-0.1, -0.05) is 32.6 Å². The Morgan fingerprint density at radius 3 is 2.65 bits per heavy atom. The summed E-state index contributed by atoms with van der Waals surface area (Å²) in [7, 11) is -2.77. The van der Waals surface area contributed by atoms with E-state index in [1.54, 1.807) is 0 Å². The van der Waals surface area contributed by atoms with E-state index < -0.39 is 9.84 Å². The molecule has 1 rings (SSSR count). The molecule has 0 aromatic heterocycles. The van der Waals surface area contributed by atoms with Gasteiger partial charge in [0.2, 0.25) is 0 Å². The molecule has 0 bridgehead atoms. The van der Waals surface area contributed by atoms with Crippen molar-refractivity contribution in [1.29, 1.82) is 0 Å². The van der Waals surface area contributed by atoms with Crippen molar-refractivity contribution in [3.05, 3.63) is 0 Å². The van der Waals surface area contributed by atoms with Crippen molar-refractivity contribution in [3.63, 3.8) is 0 Å². The molecule has 2 unspecified atom stereocenters. The third-order valence-corrected chi connectivity index (χ3v) is 5.92. The number of hydrogen-bond acceptors (Lipinski definition) is 3. The topological polar surface area (TPSA) is 46.2 Å². The minimum absolute atomic E-state index is 0.124. The maximum absolute atomic E-state index is 11.6. The zero-order chi connectivity index (χ0) is 12.7. The van der Waals surface area contributed by atoms with Gasteiger partial charge in [0.25, 0.3) is 0 Å². The molecule has 2 atom stereocenters. The average Bonchev–Trinajstić information content (AvgIpc) is 2.61. The van der Waals surface area contributed by atoms with Crippen LogP contribution in [0.2, 0.25) is 0 Å². The van der Waals surface area contributed by atoms with E-state index in [-0.39, 0.29) is 5.25 Å². The normalized spacial score (nSPS) is 24.9. The summed E-state index contributed by atoms with van der Waals surface area (Å²) in [5.41, 5.74) is 0. The van der Waals surface area contributed by atoms with E-state index in [0.29, 0.717) is 18.3 Å². The smallest absolute Gasteiger partial charge is 0.154 e. The molecule has 0 amide bonds. The van der Waals surface area contributed by atoms with Gasteiger partial charge < -0.3 is 5.32 Å². The lowest BCUT2D eigenvalue weighted by Crippen LogP contribution is -2.35. The molecule has 4 heteroatoms. The van der Waals surface area contributed by atoms with E-state index >= 15 is 0 Å². The van der Waals surface area contributed by atoms with Crippen molar-refractivity contribution in [2.75, 3.05) is 12.3 Å². The Balaban J connectivity index is 2.13. The fraction of sp³-hybridized carbons (Fsp3) is 1.00. The summed E-state index contributed by atoms with van der Waals surface area (Å²) in [6.45, 7) is 5.03. The minimum Gasteiger partial charge on any atom is -0.313 e. The first-order valence-corrected chi connectivity index (χ1v) is 8.72. The lowest BCUT2D eigenvalue weighted by molar-refractivity contribution is 0.475. The molecule has 1 fully saturated rings. The maximum Gasteiger partial charge on any atom is 0.154 e. The Morgan fingerprint density at radius 2 is 2.06 bits per heavy atom. The van der Waals surface area contributed by atoms with E-state index in [2.05, 4.69) is 19.2 Å². The molecule has 0 aliphatic carbocycles. The molecule has 0 spiro atoms. The van der Waals surface area contributed by atoms with Crippen molar-refractivity contribution in [1.82, 2.24) is 5.32 Å². The molecular formula is C13H27NO2S. The second-order valence-electron chi connectivity index (χ2n) is 5.29. The first-order valence-electron chi connectivity index (χ1n) is 7.01. The molecule has 1 N–H and O–H groups in total. The van der Waals surface area contributed by atoms with Gasteiger partial charge in [0.15, 0.2) is 9.84 Å². The van der Waals surface area contributed by atoms with Gasteiger partial charge in [-0.2, -0.15) is 0 Å². The van der Waals surface area contributed by atoms with Crippen LogP contribution in [0.5, 0.6) is 0 Å². The molecule has 0 radical (unpaired) electrons. The van der Waals surface area contributed by atoms with Crippen LogP contribution >= 0.6 is 0 Å². The molecule has 0 aromatic rings. The second kappa shape index (κ2) is 7.37. The highest BCUT2D eigenvalue weighted by Gasteiger charge is 2.30. The van der Waals surface area contributed by atoms with Gasteiger partial charge >= 0.3 is 0 Å². The Hall–Kier alpha value is -0.0900. The molecule has 0 saturated carbocycles. The molecule has 1 aliphatic rings. The van der Waals surface area contributed by atoms with Gasteiger partial charge in [0.05, 0.1) is 11.0 Å². The molecular weight excluding hydrogens is 234 g/mol. The van der Waals surface area contributed by atoms with Gasteiger partial charge in [0.1, 0.15) is 0 Å². The van der Waals surface area contributed by atoms with Crippen LogP contribution in [0.1, 0.15) is 58.8 Å². The monoisotopic (exact) mass is 261 g/mol. The van der Waals surface area contributed by atoms with Crippen molar-refractivity contribution in [2.45, 2.75) is 70.1 Å². The summed E-state index contributed by atoms with van der Waals surface area (Å²) in [5, 5.41) is 3.25. The van der Waals surface area contributed by atoms with E-state index in [0.717, 1.165) is 19.3 Å². The van der Waals surface area contributed by atoms with Crippen LogP contribution in [-0.4, -0.2) is 32.0 Å². The summed E-state index contributed by atoms with van der Waals surface area (Å²) < 4.78 is 23.3. The van der Waals surface area contributed by atoms with Crippen LogP contribution in [0, 0.1) is 0 Å². The Morgan fingerprint density at radius 1 is 1.29 bits per heavy atom. The van der Waals surface area contributed by atoms with Crippen LogP contribution in [0.3, 0.4) is 0 Å². The molecule has 17 heavy (non-hydrogen) atoms. The van der Waals surface area contributed by atoms with Crippen LogP contribution in [0.4, 0.5) is 0 Å². The van der Waals surface area contributed by atoms with Gasteiger partial charge in [-0.05, 0) is 26.2 Å². The van der Waals surface area contributed by atoms with Crippen LogP contribution < -0.4 is 5.32 Å². The molecule has 0 aromatic carbocycles. The van der Waals surface area contributed by atoms with Crippen LogP contribution in [0.15, 0.2) is 0 Å². The first-order chi connectivity index (χ1) is 8.06. The van der Waals surface area contributed by atoms with Crippen molar-refractivity contribution in [3.8, 4) is 0 Å². The average molecular weight is 261 g/mol. The highest BCUT2D eigenvalue weighted by molar-refractivity contribution is 7.92. The standard InChI is InChI=1S/C13H27NO2S/c1-3-4-5-6-8-12(2)14-11-13-9-7-10-17(13,15)16/h12-14H,3-11H2,1-2H3. The highest BCUT2D eigenvalue weighted by atomic mass is 32.2. The van der Waals surface area contributed by atoms with Gasteiger partial charge in [-0.15, -0.1) is 0 Å². The van der Waals surface area contributed by atoms with Crippen LogP contribution in [0.25, 0.3) is 0 Å². The fourth-order valence-corrected chi connectivity index (χ4v) is 4.18. The van der Waals surface area contributed by atoms with Crippen molar-refractivity contribution in [2.24, 2.45) is 0 Å². The minimum atomic E-state index is -2.77. The van der Waals surface area contributed by atoms with Crippen LogP contribution in [-0.2, 0) is 9.84 Å². The van der Waals surface area contributed by atoms with E-state index in [1.807, 2.05) is 0 Å². The predicted octanol–water partition coefficient (Wildman–Crippen LogP) is 2.51. The van der Waals surface area contributed by atoms with Crippen molar-refractivity contribution >= 4 is 9.84 Å². The number of nitrogens with one attached hydrogen (secondary N) is 1. The lowest BCUT2D eigenvalue weighted by Gasteiger charge is -2.16. The molecule has 1 saturated heterocycles. The molecule has 102 valence electrons. The summed E-state index contributed by atoms with van der Waals surface area (Å²) in [6.07, 6.45) is 7.97. The lowest BCUT2D eigenvalue weighted by atomic mass is 10.1. The van der Waals surface area contributed by atoms with Gasteiger partial charge in [-0.25, -0.2) is 8.42 Å². The zero-order valence-corrected chi connectivity index (χ0v) is 12.1. The van der Waals surface area contributed by atoms with E-state index in [1.165, 1.54) is 25.7 Å². The SMILES string of the molecule is CCCCCCC(C)NCC1CCCS1(=O)=O. The molecule has 1 heterocycles. The van der Waals surface area contributed by atoms with E-state index in [4.69, 9.17) is 0 Å². The summed E-state index contributed by atoms with van der Waals surface area (Å²) in [6, 6.07) is 0.447. The third kappa shape index (κ3) is 5.38. The van der Waals surface area contributed by atoms with Crippen molar-refractivity contribution < 1.29 is 8.42 Å². The summed E-state index contributed by atoms with van der Waals surface area (Å²) in [5.74, 6) is 0.393. The van der Waals surface area contributed by atoms with E-state index in [9.17, 15) is 8.42 Å². The second-order valence-corrected chi connectivity index (χ2v) is 7.69. The largest absolute Gasteiger partial charge is 0.313 e. The third-order valence-electron chi connectivity index (χ3n) is 3.65. The Labute approximate surface area is 106 Å². The predicted molar refractivity (Wildman–Crippen MR) is 73.0 cm³/mol. The highest BCUT2D eigenvalue weighted by Crippen LogP contribution is 2.19. The number of rotatable bonds is 8. The maximum atomic E-state index is 11.6. The zero-order valence-electron chi connectivity index (χ0n) is 11.2. The fourth-order valence-electron chi connectivity index (χ4n) is 2.40. The summed E-state index contributed by atoms with van der Waals surface area (Å²) >= 11 is 0. The molecule has 3 nitrogen and oxygen atoms in total. The first kappa shape index (κ1) is 15.0. The Bertz CT molecular complexity index is 301.